The van der Waals surface area contributed by atoms with Gasteiger partial charge >= 0.3 is 5.97 Å². The number of hydrogen-bond donors (Lipinski definition) is 2. The number of nitrogens with one attached hydrogen (secondary N) is 1. The van der Waals surface area contributed by atoms with Gasteiger partial charge in [0.05, 0.1) is 5.56 Å². The molecule has 122 valence electrons. The molecule has 2 N–H and O–H groups in total. The lowest BCUT2D eigenvalue weighted by molar-refractivity contribution is -0.145. The second-order valence-electron chi connectivity index (χ2n) is 5.68. The van der Waals surface area contributed by atoms with Crippen LogP contribution in [0.25, 0.3) is 0 Å². The molecule has 1 aliphatic rings. The second kappa shape index (κ2) is 6.37. The number of carboxylic acids is 1. The van der Waals surface area contributed by atoms with Gasteiger partial charge in [-0.05, 0) is 18.9 Å². The molecule has 1 amide bonds. The number of sulfone groups is 1. The molecule has 0 aromatic carbocycles. The maximum atomic E-state index is 12.3. The van der Waals surface area contributed by atoms with Crippen LogP contribution in [0.3, 0.4) is 0 Å². The zero-order chi connectivity index (χ0) is 16.4. The van der Waals surface area contributed by atoms with Crippen molar-refractivity contribution in [2.45, 2.75) is 48.3 Å². The Morgan fingerprint density at radius 1 is 1.23 bits per heavy atom. The van der Waals surface area contributed by atoms with Crippen molar-refractivity contribution in [3.8, 4) is 0 Å². The fourth-order valence-electron chi connectivity index (χ4n) is 2.64. The van der Waals surface area contributed by atoms with E-state index in [1.54, 1.807) is 0 Å². The number of carboxylic acid groups (broad SMARTS) is 1. The lowest BCUT2D eigenvalue weighted by Gasteiger charge is -2.29. The van der Waals surface area contributed by atoms with E-state index < -0.39 is 27.3 Å². The monoisotopic (exact) mass is 345 g/mol. The van der Waals surface area contributed by atoms with E-state index in [0.717, 1.165) is 43.3 Å². The number of aliphatic carboxylic acids is 1. The summed E-state index contributed by atoms with van der Waals surface area (Å²) in [6, 6.07) is 1.29. The normalized spacial score (nSPS) is 18.4. The first-order valence-electron chi connectivity index (χ1n) is 7.09. The molecule has 22 heavy (non-hydrogen) atoms. The van der Waals surface area contributed by atoms with Crippen molar-refractivity contribution in [1.82, 2.24) is 5.32 Å². The molecule has 1 aliphatic carbocycles. The minimum atomic E-state index is -3.36. The van der Waals surface area contributed by atoms with Gasteiger partial charge in [0, 0.05) is 11.6 Å². The third kappa shape index (κ3) is 3.67. The van der Waals surface area contributed by atoms with Gasteiger partial charge in [0.2, 0.25) is 0 Å². The summed E-state index contributed by atoms with van der Waals surface area (Å²) < 4.78 is 23.0. The molecule has 8 heteroatoms. The molecule has 0 aliphatic heterocycles. The highest BCUT2D eigenvalue weighted by Gasteiger charge is 2.40. The topological polar surface area (TPSA) is 101 Å². The lowest BCUT2D eigenvalue weighted by Crippen LogP contribution is -2.54. The minimum Gasteiger partial charge on any atom is -0.480 e. The van der Waals surface area contributed by atoms with E-state index in [4.69, 9.17) is 0 Å². The first-order valence-corrected chi connectivity index (χ1v) is 9.86. The SMILES string of the molecule is CS(=O)(=O)c1cc(C(=O)NC2(C(=O)O)CCCCCC2)cs1. The zero-order valence-electron chi connectivity index (χ0n) is 12.3. The van der Waals surface area contributed by atoms with Gasteiger partial charge in [-0.25, -0.2) is 13.2 Å². The number of thiophene rings is 1. The highest BCUT2D eigenvalue weighted by atomic mass is 32.2. The average molecular weight is 345 g/mol. The van der Waals surface area contributed by atoms with Crippen molar-refractivity contribution in [1.29, 1.82) is 0 Å². The molecular formula is C14H19NO5S2. The Labute approximate surface area is 133 Å². The number of carbonyl (C=O) groups is 2. The summed E-state index contributed by atoms with van der Waals surface area (Å²) in [4.78, 5) is 24.0. The van der Waals surface area contributed by atoms with Crippen LogP contribution < -0.4 is 5.32 Å². The fraction of sp³-hybridized carbons (Fsp3) is 0.571. The molecule has 0 bridgehead atoms. The molecule has 0 spiro atoms. The summed E-state index contributed by atoms with van der Waals surface area (Å²) >= 11 is 0.962. The molecule has 1 fully saturated rings. The van der Waals surface area contributed by atoms with Gasteiger partial charge in [-0.2, -0.15) is 0 Å². The van der Waals surface area contributed by atoms with Crippen molar-refractivity contribution < 1.29 is 23.1 Å². The van der Waals surface area contributed by atoms with Gasteiger partial charge in [-0.15, -0.1) is 11.3 Å². The molecule has 1 heterocycles. The van der Waals surface area contributed by atoms with Crippen LogP contribution in [0.15, 0.2) is 15.7 Å². The van der Waals surface area contributed by atoms with E-state index in [1.807, 2.05) is 0 Å². The molecule has 0 radical (unpaired) electrons. The van der Waals surface area contributed by atoms with E-state index in [2.05, 4.69) is 5.32 Å². The van der Waals surface area contributed by atoms with E-state index >= 15 is 0 Å². The van der Waals surface area contributed by atoms with Crippen molar-refractivity contribution in [3.05, 3.63) is 17.0 Å². The summed E-state index contributed by atoms with van der Waals surface area (Å²) in [5, 5.41) is 13.6. The predicted molar refractivity (Wildman–Crippen MR) is 83.0 cm³/mol. The number of carbonyl (C=O) groups excluding carboxylic acids is 1. The highest BCUT2D eigenvalue weighted by molar-refractivity contribution is 7.92. The molecule has 1 aromatic rings. The summed E-state index contributed by atoms with van der Waals surface area (Å²) in [6.45, 7) is 0. The van der Waals surface area contributed by atoms with Gasteiger partial charge in [0.15, 0.2) is 9.84 Å². The maximum Gasteiger partial charge on any atom is 0.329 e. The van der Waals surface area contributed by atoms with Gasteiger partial charge in [-0.3, -0.25) is 4.79 Å². The zero-order valence-corrected chi connectivity index (χ0v) is 13.9. The molecule has 0 atom stereocenters. The van der Waals surface area contributed by atoms with Crippen molar-refractivity contribution in [2.75, 3.05) is 6.26 Å². The molecular weight excluding hydrogens is 326 g/mol. The van der Waals surface area contributed by atoms with E-state index in [-0.39, 0.29) is 9.77 Å². The first-order chi connectivity index (χ1) is 10.2. The minimum absolute atomic E-state index is 0.0999. The highest BCUT2D eigenvalue weighted by Crippen LogP contribution is 2.28. The van der Waals surface area contributed by atoms with Crippen LogP contribution in [0.1, 0.15) is 48.9 Å². The fourth-order valence-corrected chi connectivity index (χ4v) is 4.44. The standard InChI is InChI=1S/C14H19NO5S2/c1-22(19,20)11-8-10(9-21-11)12(16)15-14(13(17)18)6-4-2-3-5-7-14/h8-9H,2-7H2,1H3,(H,15,16)(H,17,18). The van der Waals surface area contributed by atoms with Crippen molar-refractivity contribution in [2.24, 2.45) is 0 Å². The third-order valence-corrected chi connectivity index (χ3v) is 6.69. The van der Waals surface area contributed by atoms with E-state index in [1.165, 1.54) is 11.4 Å². The molecule has 1 aromatic heterocycles. The molecule has 2 rings (SSSR count). The second-order valence-corrected chi connectivity index (χ2v) is 8.84. The number of hydrogen-bond acceptors (Lipinski definition) is 5. The molecule has 0 saturated heterocycles. The Morgan fingerprint density at radius 3 is 2.27 bits per heavy atom. The van der Waals surface area contributed by atoms with Crippen LogP contribution in [-0.2, 0) is 14.6 Å². The first kappa shape index (κ1) is 17.0. The molecule has 1 saturated carbocycles. The van der Waals surface area contributed by atoms with E-state index in [0.29, 0.717) is 12.8 Å². The van der Waals surface area contributed by atoms with Gasteiger partial charge < -0.3 is 10.4 Å². The number of rotatable bonds is 4. The third-order valence-electron chi connectivity index (χ3n) is 3.92. The van der Waals surface area contributed by atoms with Crippen LogP contribution in [0.4, 0.5) is 0 Å². The quantitative estimate of drug-likeness (QED) is 0.814. The Bertz CT molecular complexity index is 669. The summed E-state index contributed by atoms with van der Waals surface area (Å²) in [6.07, 6.45) is 5.30. The van der Waals surface area contributed by atoms with Crippen LogP contribution in [-0.4, -0.2) is 37.2 Å². The van der Waals surface area contributed by atoms with Gasteiger partial charge in [-0.1, -0.05) is 25.7 Å². The van der Waals surface area contributed by atoms with E-state index in [9.17, 15) is 23.1 Å². The van der Waals surface area contributed by atoms with Gasteiger partial charge in [0.1, 0.15) is 9.75 Å². The van der Waals surface area contributed by atoms with Crippen molar-refractivity contribution in [3.63, 3.8) is 0 Å². The Morgan fingerprint density at radius 2 is 1.82 bits per heavy atom. The largest absolute Gasteiger partial charge is 0.480 e. The maximum absolute atomic E-state index is 12.3. The summed E-state index contributed by atoms with van der Waals surface area (Å²) in [5.41, 5.74) is -1.06. The summed E-state index contributed by atoms with van der Waals surface area (Å²) in [5.74, 6) is -1.56. The lowest BCUT2D eigenvalue weighted by atomic mass is 9.90. The van der Waals surface area contributed by atoms with Crippen LogP contribution in [0.5, 0.6) is 0 Å². The average Bonchev–Trinajstić information content (AvgIpc) is 2.81. The smallest absolute Gasteiger partial charge is 0.329 e. The Balaban J connectivity index is 2.21. The van der Waals surface area contributed by atoms with Gasteiger partial charge in [0.25, 0.3) is 5.91 Å². The Kier molecular flexibility index (Phi) is 4.91. The van der Waals surface area contributed by atoms with Crippen LogP contribution in [0, 0.1) is 0 Å². The Hall–Kier alpha value is -1.41. The summed E-state index contributed by atoms with van der Waals surface area (Å²) in [7, 11) is -3.36. The van der Waals surface area contributed by atoms with Crippen LogP contribution in [0.2, 0.25) is 0 Å². The number of amides is 1. The molecule has 0 unspecified atom stereocenters. The molecule has 6 nitrogen and oxygen atoms in total. The van der Waals surface area contributed by atoms with Crippen molar-refractivity contribution >= 4 is 33.1 Å². The predicted octanol–water partition coefficient (Wildman–Crippen LogP) is 2.06. The van der Waals surface area contributed by atoms with Crippen LogP contribution >= 0.6 is 11.3 Å².